The number of hydrogen-bond acceptors (Lipinski definition) is 4. The molecule has 1 aromatic heterocycles. The van der Waals surface area contributed by atoms with Gasteiger partial charge in [-0.1, -0.05) is 25.0 Å². The molecule has 152 valence electrons. The van der Waals surface area contributed by atoms with E-state index in [9.17, 15) is 9.59 Å². The lowest BCUT2D eigenvalue weighted by molar-refractivity contribution is 0.0741. The quantitative estimate of drug-likeness (QED) is 0.869. The van der Waals surface area contributed by atoms with Crippen LogP contribution in [0.1, 0.15) is 52.1 Å². The molecule has 6 nitrogen and oxygen atoms in total. The number of aryl methyl sites for hydroxylation is 1. The maximum absolute atomic E-state index is 12.9. The molecule has 2 amide bonds. The summed E-state index contributed by atoms with van der Waals surface area (Å²) in [7, 11) is 0. The second-order valence-corrected chi connectivity index (χ2v) is 8.00. The minimum absolute atomic E-state index is 0.107. The van der Waals surface area contributed by atoms with Crippen LogP contribution >= 0.6 is 0 Å². The molecule has 6 heteroatoms. The zero-order valence-corrected chi connectivity index (χ0v) is 16.9. The highest BCUT2D eigenvalue weighted by molar-refractivity contribution is 5.98. The molecular formula is C23H28N4O2. The number of rotatable bonds is 4. The fourth-order valence-electron chi connectivity index (χ4n) is 4.18. The number of nitrogens with zero attached hydrogens (tertiary/aromatic N) is 3. The van der Waals surface area contributed by atoms with Crippen LogP contribution in [-0.2, 0) is 0 Å². The standard InChI is InChI=1S/C23H28N4O2/c1-17-5-4-8-20(15-17)26-11-13-27(14-12-26)23(29)21-16-18(9-10-24-21)22(28)25-19-6-2-3-7-19/h4-5,8-10,15-16,19H,2-3,6-7,11-14H2,1H3,(H,25,28). The van der Waals surface area contributed by atoms with Crippen molar-refractivity contribution in [3.05, 3.63) is 59.4 Å². The minimum Gasteiger partial charge on any atom is -0.368 e. The van der Waals surface area contributed by atoms with Crippen LogP contribution in [0.2, 0.25) is 0 Å². The van der Waals surface area contributed by atoms with E-state index in [4.69, 9.17) is 0 Å². The maximum Gasteiger partial charge on any atom is 0.272 e. The van der Waals surface area contributed by atoms with E-state index >= 15 is 0 Å². The monoisotopic (exact) mass is 392 g/mol. The molecule has 2 aliphatic rings. The van der Waals surface area contributed by atoms with E-state index in [0.29, 0.717) is 24.3 Å². The van der Waals surface area contributed by atoms with Crippen LogP contribution in [0.15, 0.2) is 42.6 Å². The number of piperazine rings is 1. The molecule has 1 saturated carbocycles. The predicted molar refractivity (Wildman–Crippen MR) is 113 cm³/mol. The first kappa shape index (κ1) is 19.4. The van der Waals surface area contributed by atoms with Crippen molar-refractivity contribution in [3.8, 4) is 0 Å². The van der Waals surface area contributed by atoms with Gasteiger partial charge >= 0.3 is 0 Å². The Labute approximate surface area is 171 Å². The summed E-state index contributed by atoms with van der Waals surface area (Å²) < 4.78 is 0. The Morgan fingerprint density at radius 1 is 1.03 bits per heavy atom. The number of aromatic nitrogens is 1. The highest BCUT2D eigenvalue weighted by atomic mass is 16.2. The molecular weight excluding hydrogens is 364 g/mol. The number of carbonyl (C=O) groups is 2. The lowest BCUT2D eigenvalue weighted by Crippen LogP contribution is -2.49. The number of anilines is 1. The highest BCUT2D eigenvalue weighted by Crippen LogP contribution is 2.20. The average molecular weight is 393 g/mol. The van der Waals surface area contributed by atoms with Crippen molar-refractivity contribution in [2.24, 2.45) is 0 Å². The molecule has 2 heterocycles. The van der Waals surface area contributed by atoms with Crippen LogP contribution in [0.4, 0.5) is 5.69 Å². The number of benzene rings is 1. The van der Waals surface area contributed by atoms with Gasteiger partial charge in [0.2, 0.25) is 0 Å². The Bertz CT molecular complexity index is 884. The Morgan fingerprint density at radius 2 is 1.79 bits per heavy atom. The molecule has 0 unspecified atom stereocenters. The molecule has 0 atom stereocenters. The van der Waals surface area contributed by atoms with Crippen LogP contribution < -0.4 is 10.2 Å². The smallest absolute Gasteiger partial charge is 0.272 e. The molecule has 1 N–H and O–H groups in total. The van der Waals surface area contributed by atoms with Crippen LogP contribution in [0.5, 0.6) is 0 Å². The molecule has 1 saturated heterocycles. The van der Waals surface area contributed by atoms with E-state index in [1.807, 2.05) is 4.90 Å². The third-order valence-corrected chi connectivity index (χ3v) is 5.87. The van der Waals surface area contributed by atoms with Crippen LogP contribution in [-0.4, -0.2) is 53.9 Å². The summed E-state index contributed by atoms with van der Waals surface area (Å²) in [6, 6.07) is 12.0. The second kappa shape index (κ2) is 8.64. The van der Waals surface area contributed by atoms with Gasteiger partial charge in [0.05, 0.1) is 0 Å². The van der Waals surface area contributed by atoms with Gasteiger partial charge in [-0.05, 0) is 49.6 Å². The number of hydrogen-bond donors (Lipinski definition) is 1. The van der Waals surface area contributed by atoms with Gasteiger partial charge in [-0.15, -0.1) is 0 Å². The number of pyridine rings is 1. The van der Waals surface area contributed by atoms with Gasteiger partial charge in [0.15, 0.2) is 0 Å². The van der Waals surface area contributed by atoms with Gasteiger partial charge in [0.1, 0.15) is 5.69 Å². The third kappa shape index (κ3) is 4.58. The molecule has 29 heavy (non-hydrogen) atoms. The van der Waals surface area contributed by atoms with Crippen molar-refractivity contribution in [2.75, 3.05) is 31.1 Å². The largest absolute Gasteiger partial charge is 0.368 e. The first-order valence-electron chi connectivity index (χ1n) is 10.5. The number of amides is 2. The first-order valence-corrected chi connectivity index (χ1v) is 10.5. The Hall–Kier alpha value is -2.89. The van der Waals surface area contributed by atoms with Gasteiger partial charge in [-0.2, -0.15) is 0 Å². The van der Waals surface area contributed by atoms with Crippen molar-refractivity contribution < 1.29 is 9.59 Å². The number of carbonyl (C=O) groups excluding carboxylic acids is 2. The average Bonchev–Trinajstić information content (AvgIpc) is 3.26. The zero-order chi connectivity index (χ0) is 20.2. The molecule has 2 fully saturated rings. The molecule has 1 aromatic carbocycles. The molecule has 0 spiro atoms. The van der Waals surface area contributed by atoms with E-state index < -0.39 is 0 Å². The van der Waals surface area contributed by atoms with Crippen molar-refractivity contribution in [1.29, 1.82) is 0 Å². The van der Waals surface area contributed by atoms with Crippen LogP contribution in [0.3, 0.4) is 0 Å². The lowest BCUT2D eigenvalue weighted by atomic mass is 10.1. The predicted octanol–water partition coefficient (Wildman–Crippen LogP) is 3.02. The molecule has 1 aliphatic carbocycles. The molecule has 2 aromatic rings. The summed E-state index contributed by atoms with van der Waals surface area (Å²) in [6.45, 7) is 4.96. The SMILES string of the molecule is Cc1cccc(N2CCN(C(=O)c3cc(C(=O)NC4CCCC4)ccn3)CC2)c1. The minimum atomic E-state index is -0.113. The van der Waals surface area contributed by atoms with Crippen molar-refractivity contribution in [1.82, 2.24) is 15.2 Å². The summed E-state index contributed by atoms with van der Waals surface area (Å²) in [6.07, 6.45) is 5.96. The van der Waals surface area contributed by atoms with E-state index in [1.165, 1.54) is 24.1 Å². The van der Waals surface area contributed by atoms with Crippen molar-refractivity contribution >= 4 is 17.5 Å². The fourth-order valence-corrected chi connectivity index (χ4v) is 4.18. The van der Waals surface area contributed by atoms with E-state index in [0.717, 1.165) is 25.9 Å². The van der Waals surface area contributed by atoms with E-state index in [-0.39, 0.29) is 17.9 Å². The molecule has 1 aliphatic heterocycles. The summed E-state index contributed by atoms with van der Waals surface area (Å²) in [5.41, 5.74) is 3.28. The third-order valence-electron chi connectivity index (χ3n) is 5.87. The molecule has 0 bridgehead atoms. The van der Waals surface area contributed by atoms with Gasteiger partial charge in [0, 0.05) is 49.7 Å². The molecule has 4 rings (SSSR count). The summed E-state index contributed by atoms with van der Waals surface area (Å²) in [5.74, 6) is -0.220. The summed E-state index contributed by atoms with van der Waals surface area (Å²) in [4.78, 5) is 33.8. The van der Waals surface area contributed by atoms with E-state index in [1.54, 1.807) is 18.3 Å². The van der Waals surface area contributed by atoms with Crippen molar-refractivity contribution in [2.45, 2.75) is 38.6 Å². The van der Waals surface area contributed by atoms with Gasteiger partial charge in [-0.25, -0.2) is 0 Å². The highest BCUT2D eigenvalue weighted by Gasteiger charge is 2.24. The Balaban J connectivity index is 1.38. The number of nitrogens with one attached hydrogen (secondary N) is 1. The van der Waals surface area contributed by atoms with Gasteiger partial charge < -0.3 is 15.1 Å². The Morgan fingerprint density at radius 3 is 2.52 bits per heavy atom. The van der Waals surface area contributed by atoms with Gasteiger partial charge in [-0.3, -0.25) is 14.6 Å². The molecule has 0 radical (unpaired) electrons. The topological polar surface area (TPSA) is 65.5 Å². The van der Waals surface area contributed by atoms with Gasteiger partial charge in [0.25, 0.3) is 11.8 Å². The Kier molecular flexibility index (Phi) is 5.79. The fraction of sp³-hybridized carbons (Fsp3) is 0.435. The zero-order valence-electron chi connectivity index (χ0n) is 16.9. The summed E-state index contributed by atoms with van der Waals surface area (Å²) in [5, 5.41) is 3.07. The van der Waals surface area contributed by atoms with Crippen molar-refractivity contribution in [3.63, 3.8) is 0 Å². The second-order valence-electron chi connectivity index (χ2n) is 8.00. The maximum atomic E-state index is 12.9. The normalized spacial score (nSPS) is 17.4. The lowest BCUT2D eigenvalue weighted by Gasteiger charge is -2.36. The van der Waals surface area contributed by atoms with Crippen LogP contribution in [0.25, 0.3) is 0 Å². The summed E-state index contributed by atoms with van der Waals surface area (Å²) >= 11 is 0. The van der Waals surface area contributed by atoms with Crippen LogP contribution in [0, 0.1) is 6.92 Å². The first-order chi connectivity index (χ1) is 14.1. The van der Waals surface area contributed by atoms with E-state index in [2.05, 4.69) is 46.4 Å².